The van der Waals surface area contributed by atoms with E-state index < -0.39 is 0 Å². The van der Waals surface area contributed by atoms with Crippen LogP contribution in [0.3, 0.4) is 0 Å². The van der Waals surface area contributed by atoms with Crippen LogP contribution in [0.1, 0.15) is 0 Å². The van der Waals surface area contributed by atoms with Crippen LogP contribution in [-0.4, -0.2) is 13.7 Å². The van der Waals surface area contributed by atoms with Crippen LogP contribution >= 0.6 is 0 Å². The summed E-state index contributed by atoms with van der Waals surface area (Å²) >= 11 is 0. The van der Waals surface area contributed by atoms with Crippen molar-refractivity contribution in [2.45, 2.75) is 0 Å². The summed E-state index contributed by atoms with van der Waals surface area (Å²) in [6.45, 7) is 0. The molecule has 0 N–H and O–H groups in total. The Morgan fingerprint density at radius 3 is 0.906 bits per heavy atom. The summed E-state index contributed by atoms with van der Waals surface area (Å²) < 4.78 is 45.8. The van der Waals surface area contributed by atoms with Crippen molar-refractivity contribution >= 4 is 197 Å². The molecule has 0 spiro atoms. The first kappa shape index (κ1) is 64.8. The molecule has 0 bridgehead atoms. The monoisotopic (exact) mass is 1500 g/mol. The van der Waals surface area contributed by atoms with Crippen molar-refractivity contribution in [1.29, 1.82) is 0 Å². The van der Waals surface area contributed by atoms with Crippen LogP contribution < -0.4 is 0 Å². The lowest BCUT2D eigenvalue weighted by molar-refractivity contribution is 0.669. The maximum atomic E-state index is 6.73. The predicted octanol–water partition coefficient (Wildman–Crippen LogP) is 30.7. The zero-order chi connectivity index (χ0) is 76.5. The van der Waals surface area contributed by atoms with E-state index in [4.69, 9.17) is 26.5 Å². The summed E-state index contributed by atoms with van der Waals surface area (Å²) in [6.07, 6.45) is 0. The van der Waals surface area contributed by atoms with Gasteiger partial charge in [0.2, 0.25) is 0 Å². The number of benzene rings is 18. The summed E-state index contributed by atoms with van der Waals surface area (Å²) in [7, 11) is 0. The molecule has 0 fully saturated rings. The maximum absolute atomic E-state index is 6.73. The Kier molecular flexibility index (Phi) is 14.0. The number of hydrogen-bond donors (Lipinski definition) is 0. The van der Waals surface area contributed by atoms with Crippen LogP contribution in [0.15, 0.2) is 409 Å². The molecule has 117 heavy (non-hydrogen) atoms. The molecule has 9 heteroatoms. The molecule has 0 aliphatic heterocycles. The molecule has 0 amide bonds. The highest BCUT2D eigenvalue weighted by Crippen LogP contribution is 2.47. The van der Waals surface area contributed by atoms with Crippen molar-refractivity contribution in [3.05, 3.63) is 382 Å². The third-order valence-corrected chi connectivity index (χ3v) is 23.9. The SMILES string of the molecule is c1ccc(-n2c3ccccc3c3oc4c(-c5ccc6c(c5)oc5cc7ccccc7cc56)cccc4c32)cc1.c1ccc(-n2c3ccccc3c3oc4cc(-c5ccc6c(c5)oc5cc7ccccc7cc56)ccc4c32)cc1.c1ccc(-n2c3ccccc3c3oc4ccc(-c5ccc6c(c5)oc5cc7ccccc7cc56)cc4c32)cc1. The topological polar surface area (TPSA) is 93.6 Å². The van der Waals surface area contributed by atoms with Gasteiger partial charge < -0.3 is 40.2 Å². The van der Waals surface area contributed by atoms with E-state index in [1.807, 2.05) is 6.07 Å². The van der Waals surface area contributed by atoms with Gasteiger partial charge in [-0.05, 0) is 236 Å². The Balaban J connectivity index is 0.0000000980. The van der Waals surface area contributed by atoms with Crippen LogP contribution in [0, 0.1) is 0 Å². The van der Waals surface area contributed by atoms with Gasteiger partial charge in [-0.1, -0.05) is 206 Å². The van der Waals surface area contributed by atoms with E-state index in [0.29, 0.717) is 0 Å². The second-order valence-electron chi connectivity index (χ2n) is 30.5. The molecule has 9 nitrogen and oxygen atoms in total. The number of para-hydroxylation sites is 7. The standard InChI is InChI=1S/3C36H21NO2/c1-2-11-25(12-3-1)37-31-16-7-6-13-28(31)36-34(37)29-15-8-14-26(35(29)39-36)24-17-18-27-30-19-22-9-4-5-10-23(22)20-33(30)38-32(27)21-24;1-2-10-26(11-3-1)37-31-13-7-6-12-28(31)36-35(37)30-19-24(15-17-32(30)39-36)25-14-16-27-29-18-22-8-4-5-9-23(22)20-34(29)38-33(27)21-25;1-2-10-26(11-3-1)37-31-13-7-6-12-28(31)36-35(37)29-17-15-25(21-33(29)39-36)24-14-16-27-30-18-22-8-4-5-9-23(22)19-34(30)38-32(27)20-24/h3*1-21H. The highest BCUT2D eigenvalue weighted by molar-refractivity contribution is 6.22. The second-order valence-corrected chi connectivity index (χ2v) is 30.5. The van der Waals surface area contributed by atoms with Crippen LogP contribution in [0.4, 0.5) is 0 Å². The molecular formula is C108H63N3O6. The van der Waals surface area contributed by atoms with Crippen molar-refractivity contribution < 1.29 is 26.5 Å². The zero-order valence-electron chi connectivity index (χ0n) is 62.7. The van der Waals surface area contributed by atoms with E-state index in [1.165, 1.54) is 32.3 Å². The molecule has 18 aromatic carbocycles. The minimum Gasteiger partial charge on any atom is -0.456 e. The van der Waals surface area contributed by atoms with Crippen molar-refractivity contribution in [2.24, 2.45) is 0 Å². The van der Waals surface area contributed by atoms with Gasteiger partial charge in [-0.15, -0.1) is 0 Å². The van der Waals surface area contributed by atoms with Crippen molar-refractivity contribution in [2.75, 3.05) is 0 Å². The van der Waals surface area contributed by atoms with Crippen LogP contribution in [0.25, 0.3) is 247 Å². The molecule has 0 aliphatic carbocycles. The first-order valence-electron chi connectivity index (χ1n) is 39.6. The first-order valence-corrected chi connectivity index (χ1v) is 39.6. The van der Waals surface area contributed by atoms with Gasteiger partial charge in [-0.25, -0.2) is 0 Å². The lowest BCUT2D eigenvalue weighted by atomic mass is 10.0. The number of hydrogen-bond acceptors (Lipinski definition) is 6. The lowest BCUT2D eigenvalue weighted by Gasteiger charge is -2.08. The Hall–Kier alpha value is -15.8. The number of aromatic nitrogens is 3. The molecule has 0 atom stereocenters. The quantitative estimate of drug-likeness (QED) is 0.165. The third kappa shape index (κ3) is 10.1. The smallest absolute Gasteiger partial charge is 0.161 e. The van der Waals surface area contributed by atoms with Gasteiger partial charge in [0, 0.05) is 87.3 Å². The molecule has 0 saturated carbocycles. The summed E-state index contributed by atoms with van der Waals surface area (Å²) in [5, 5.41) is 20.7. The summed E-state index contributed by atoms with van der Waals surface area (Å²) in [4.78, 5) is 0. The van der Waals surface area contributed by atoms with E-state index >= 15 is 0 Å². The molecule has 0 radical (unpaired) electrons. The van der Waals surface area contributed by atoms with E-state index in [9.17, 15) is 0 Å². The molecule has 9 heterocycles. The normalized spacial score (nSPS) is 12.1. The molecule has 0 aliphatic rings. The van der Waals surface area contributed by atoms with Crippen molar-refractivity contribution in [3.8, 4) is 50.4 Å². The Morgan fingerprint density at radius 1 is 0.154 bits per heavy atom. The van der Waals surface area contributed by atoms with Gasteiger partial charge in [-0.3, -0.25) is 0 Å². The lowest BCUT2D eigenvalue weighted by Crippen LogP contribution is -1.92. The van der Waals surface area contributed by atoms with Crippen LogP contribution in [0.2, 0.25) is 0 Å². The second kappa shape index (κ2) is 25.3. The van der Waals surface area contributed by atoms with E-state index in [0.717, 1.165) is 215 Å². The largest absolute Gasteiger partial charge is 0.456 e. The average molecular weight is 1500 g/mol. The summed E-state index contributed by atoms with van der Waals surface area (Å²) in [5.41, 5.74) is 27.5. The van der Waals surface area contributed by atoms with Gasteiger partial charge in [-0.2, -0.15) is 0 Å². The van der Waals surface area contributed by atoms with Crippen LogP contribution in [0.5, 0.6) is 0 Å². The molecule has 0 unspecified atom stereocenters. The predicted molar refractivity (Wildman–Crippen MR) is 482 cm³/mol. The van der Waals surface area contributed by atoms with Gasteiger partial charge in [0.05, 0.1) is 16.6 Å². The highest BCUT2D eigenvalue weighted by Gasteiger charge is 2.26. The summed E-state index contributed by atoms with van der Waals surface area (Å²) in [5.74, 6) is 0. The minimum atomic E-state index is 0.879. The van der Waals surface area contributed by atoms with E-state index in [2.05, 4.69) is 390 Å². The number of nitrogens with zero attached hydrogens (tertiary/aromatic N) is 3. The third-order valence-electron chi connectivity index (χ3n) is 23.9. The Bertz CT molecular complexity index is 8700. The first-order chi connectivity index (χ1) is 58.0. The molecule has 27 aromatic rings. The zero-order valence-corrected chi connectivity index (χ0v) is 62.7. The molecule has 546 valence electrons. The molecule has 9 aromatic heterocycles. The van der Waals surface area contributed by atoms with Crippen LogP contribution in [-0.2, 0) is 0 Å². The number of furan rings is 6. The van der Waals surface area contributed by atoms with Gasteiger partial charge in [0.1, 0.15) is 66.8 Å². The molecular weight excluding hydrogens is 1440 g/mol. The van der Waals surface area contributed by atoms with Crippen molar-refractivity contribution in [3.63, 3.8) is 0 Å². The van der Waals surface area contributed by atoms with E-state index in [-0.39, 0.29) is 0 Å². The Morgan fingerprint density at radius 2 is 0.462 bits per heavy atom. The molecule has 27 rings (SSSR count). The van der Waals surface area contributed by atoms with Gasteiger partial charge in [0.15, 0.2) is 16.7 Å². The van der Waals surface area contributed by atoms with Crippen molar-refractivity contribution in [1.82, 2.24) is 13.7 Å². The molecule has 0 saturated heterocycles. The van der Waals surface area contributed by atoms with Gasteiger partial charge >= 0.3 is 0 Å². The average Bonchev–Trinajstić information content (AvgIpc) is 1.58. The summed E-state index contributed by atoms with van der Waals surface area (Å²) in [6, 6.07) is 134. The fraction of sp³-hybridized carbons (Fsp3) is 0. The Labute approximate surface area is 665 Å². The maximum Gasteiger partial charge on any atom is 0.161 e. The fourth-order valence-electron chi connectivity index (χ4n) is 18.5. The number of rotatable bonds is 6. The highest BCUT2D eigenvalue weighted by atomic mass is 16.4. The van der Waals surface area contributed by atoms with Gasteiger partial charge in [0.25, 0.3) is 0 Å². The minimum absolute atomic E-state index is 0.879. The number of fused-ring (bicyclic) bond motifs is 27. The fourth-order valence-corrected chi connectivity index (χ4v) is 18.5. The van der Waals surface area contributed by atoms with E-state index in [1.54, 1.807) is 0 Å².